The standard InChI is InChI=1S/C49H62N4O8/c1-7-46-19-13-22-53-23-20-47(41(46)53)35-24-36(39(58-4)25-38(35)51(3)42(47)49(57,45(56)60-6)43(46)61-29(2)54)48(44(55)59-5)26-31-28-52(27-30-14-8-9-15-32(30)31)21-12-17-34-33-16-10-11-18-37(33)50-40(34)48/h10-11,13,16,18-19,24-25,30-32,41-43,50,57H,7-9,12,14-15,17,20-23,26-28H2,1-6H3/t30-,31-,32-,41-,42+,43+,46+,47+,48-,49-/m0/s1. The average Bonchev–Trinajstić information content (AvgIpc) is 3.93. The van der Waals surface area contributed by atoms with Gasteiger partial charge in [0.05, 0.1) is 27.4 Å². The van der Waals surface area contributed by atoms with Crippen molar-refractivity contribution >= 4 is 34.5 Å². The van der Waals surface area contributed by atoms with Crippen molar-refractivity contribution in [1.29, 1.82) is 0 Å². The number of benzene rings is 2. The van der Waals surface area contributed by atoms with Gasteiger partial charge < -0.3 is 38.8 Å². The number of anilines is 1. The van der Waals surface area contributed by atoms with Crippen molar-refractivity contribution in [3.8, 4) is 5.75 Å². The summed E-state index contributed by atoms with van der Waals surface area (Å²) in [4.78, 5) is 54.1. The van der Waals surface area contributed by atoms with Crippen LogP contribution < -0.4 is 9.64 Å². The number of methoxy groups -OCH3 is 3. The maximum Gasteiger partial charge on any atom is 0.344 e. The molecule has 2 N–H and O–H groups in total. The van der Waals surface area contributed by atoms with Crippen LogP contribution in [0.1, 0.15) is 87.6 Å². The van der Waals surface area contributed by atoms with E-state index in [-0.39, 0.29) is 17.9 Å². The van der Waals surface area contributed by atoms with Crippen molar-refractivity contribution in [1.82, 2.24) is 14.8 Å². The number of fused-ring (bicyclic) bond motifs is 8. The number of para-hydroxylation sites is 1. The number of esters is 3. The van der Waals surface area contributed by atoms with Crippen molar-refractivity contribution in [2.45, 2.75) is 106 Å². The second-order valence-electron chi connectivity index (χ2n) is 19.4. The summed E-state index contributed by atoms with van der Waals surface area (Å²) in [5.74, 6) is 0.0561. The molecule has 0 radical (unpaired) electrons. The number of ether oxygens (including phenoxy) is 4. The van der Waals surface area contributed by atoms with E-state index in [1.54, 1.807) is 7.11 Å². The summed E-state index contributed by atoms with van der Waals surface area (Å²) in [6, 6.07) is 11.5. The summed E-state index contributed by atoms with van der Waals surface area (Å²) < 4.78 is 24.3. The number of piperidine rings is 1. The molecule has 2 saturated heterocycles. The van der Waals surface area contributed by atoms with E-state index in [4.69, 9.17) is 18.9 Å². The Balaban J connectivity index is 1.28. The SMILES string of the molecule is CC[C@]12C=CCN3CC[C@@]4(c5cc([C@@]6(C(=O)OC)C[C@H]7CN(CCCc8c6[nH]c6ccccc86)C[C@@H]6CCCC[C@H]76)c(OC)cc5N(C)[C@H]4[C@@](O)(C(=O)OC)[C@@H]1OC(C)=O)[C@@H]32. The second kappa shape index (κ2) is 14.6. The van der Waals surface area contributed by atoms with Gasteiger partial charge in [-0.1, -0.05) is 50.1 Å². The summed E-state index contributed by atoms with van der Waals surface area (Å²) in [6.07, 6.45) is 11.1. The van der Waals surface area contributed by atoms with Gasteiger partial charge in [-0.2, -0.15) is 0 Å². The number of carbonyl (C=O) groups is 3. The lowest BCUT2D eigenvalue weighted by Crippen LogP contribution is -2.81. The van der Waals surface area contributed by atoms with E-state index in [1.165, 1.54) is 40.4 Å². The van der Waals surface area contributed by atoms with Crippen LogP contribution in [0.15, 0.2) is 48.6 Å². The van der Waals surface area contributed by atoms with Crippen LogP contribution in [0.4, 0.5) is 5.69 Å². The molecule has 12 heteroatoms. The fourth-order valence-corrected chi connectivity index (χ4v) is 15.0. The van der Waals surface area contributed by atoms with Gasteiger partial charge in [-0.3, -0.25) is 14.5 Å². The number of H-pyrrole nitrogens is 1. The first-order chi connectivity index (χ1) is 29.4. The minimum atomic E-state index is -2.27. The van der Waals surface area contributed by atoms with Crippen LogP contribution in [0.2, 0.25) is 0 Å². The molecule has 2 bridgehead atoms. The molecule has 2 aliphatic carbocycles. The molecule has 5 aliphatic heterocycles. The van der Waals surface area contributed by atoms with E-state index in [9.17, 15) is 14.7 Å². The summed E-state index contributed by atoms with van der Waals surface area (Å²) in [6.45, 7) is 7.79. The topological polar surface area (TPSA) is 134 Å². The van der Waals surface area contributed by atoms with Crippen molar-refractivity contribution in [2.24, 2.45) is 23.2 Å². The predicted molar refractivity (Wildman–Crippen MR) is 231 cm³/mol. The number of aryl methyl sites for hydroxylation is 1. The van der Waals surface area contributed by atoms with Gasteiger partial charge in [0.2, 0.25) is 5.60 Å². The van der Waals surface area contributed by atoms with Gasteiger partial charge >= 0.3 is 17.9 Å². The fourth-order valence-electron chi connectivity index (χ4n) is 15.0. The van der Waals surface area contributed by atoms with Crippen LogP contribution in [0.3, 0.4) is 0 Å². The maximum atomic E-state index is 15.6. The van der Waals surface area contributed by atoms with E-state index < -0.39 is 45.9 Å². The first-order valence-corrected chi connectivity index (χ1v) is 22.7. The maximum absolute atomic E-state index is 15.6. The zero-order valence-corrected chi connectivity index (χ0v) is 36.6. The number of likely N-dealkylation sites (N-methyl/N-ethyl adjacent to an activating group) is 1. The molecule has 0 amide bonds. The lowest BCUT2D eigenvalue weighted by Gasteiger charge is -2.63. The number of carbonyl (C=O) groups excluding carboxylic acids is 3. The number of nitrogens with one attached hydrogen (secondary N) is 1. The van der Waals surface area contributed by atoms with Gasteiger partial charge in [-0.25, -0.2) is 4.79 Å². The molecular formula is C49H62N4O8. The highest BCUT2D eigenvalue weighted by atomic mass is 16.6. The highest BCUT2D eigenvalue weighted by Crippen LogP contribution is 2.68. The first-order valence-electron chi connectivity index (χ1n) is 22.7. The van der Waals surface area contributed by atoms with Crippen molar-refractivity contribution in [3.63, 3.8) is 0 Å². The highest BCUT2D eigenvalue weighted by molar-refractivity contribution is 5.95. The number of hydrogen-bond donors (Lipinski definition) is 2. The Morgan fingerprint density at radius 3 is 2.46 bits per heavy atom. The predicted octanol–water partition coefficient (Wildman–Crippen LogP) is 5.66. The van der Waals surface area contributed by atoms with Crippen LogP contribution >= 0.6 is 0 Å². The van der Waals surface area contributed by atoms with Crippen molar-refractivity contribution < 1.29 is 38.4 Å². The minimum absolute atomic E-state index is 0.212. The van der Waals surface area contributed by atoms with Crippen molar-refractivity contribution in [3.05, 3.63) is 70.9 Å². The third-order valence-electron chi connectivity index (χ3n) is 17.0. The van der Waals surface area contributed by atoms with Gasteiger partial charge in [-0.15, -0.1) is 0 Å². The normalized spacial score (nSPS) is 37.4. The summed E-state index contributed by atoms with van der Waals surface area (Å²) in [5.41, 5.74) is 0.0712. The summed E-state index contributed by atoms with van der Waals surface area (Å²) >= 11 is 0. The minimum Gasteiger partial charge on any atom is -0.496 e. The molecule has 1 aromatic heterocycles. The molecule has 326 valence electrons. The van der Waals surface area contributed by atoms with Crippen LogP contribution in [0.5, 0.6) is 5.75 Å². The Bertz CT molecular complexity index is 2310. The molecule has 3 aromatic rings. The fraction of sp³-hybridized carbons (Fsp3) is 0.612. The van der Waals surface area contributed by atoms with Gasteiger partial charge in [0.15, 0.2) is 6.10 Å². The highest BCUT2D eigenvalue weighted by Gasteiger charge is 2.80. The van der Waals surface area contributed by atoms with Gasteiger partial charge in [0.25, 0.3) is 0 Å². The quantitative estimate of drug-likeness (QED) is 0.181. The number of aromatic nitrogens is 1. The number of hydrogen-bond acceptors (Lipinski definition) is 11. The number of rotatable bonds is 6. The smallest absolute Gasteiger partial charge is 0.344 e. The van der Waals surface area contributed by atoms with E-state index in [1.807, 2.05) is 31.0 Å². The number of nitrogens with zero attached hydrogens (tertiary/aromatic N) is 3. The first kappa shape index (κ1) is 40.7. The van der Waals surface area contributed by atoms with Gasteiger partial charge in [0, 0.05) is 84.4 Å². The average molecular weight is 835 g/mol. The molecule has 1 spiro atoms. The van der Waals surface area contributed by atoms with E-state index >= 15 is 4.79 Å². The molecule has 2 aromatic carbocycles. The zero-order chi connectivity index (χ0) is 42.6. The number of aliphatic hydroxyl groups is 1. The van der Waals surface area contributed by atoms with E-state index in [0.717, 1.165) is 77.9 Å². The Morgan fingerprint density at radius 2 is 1.70 bits per heavy atom. The van der Waals surface area contributed by atoms with Crippen molar-refractivity contribution in [2.75, 3.05) is 66.0 Å². The molecule has 7 aliphatic rings. The Morgan fingerprint density at radius 1 is 0.934 bits per heavy atom. The molecule has 12 nitrogen and oxygen atoms in total. The Hall–Kier alpha value is -4.39. The van der Waals surface area contributed by atoms with Crippen LogP contribution in [-0.2, 0) is 45.8 Å². The lowest BCUT2D eigenvalue weighted by atomic mass is 9.47. The molecule has 11 atom stereocenters. The molecule has 61 heavy (non-hydrogen) atoms. The van der Waals surface area contributed by atoms with Crippen LogP contribution in [0, 0.1) is 23.2 Å². The second-order valence-corrected chi connectivity index (χ2v) is 19.4. The van der Waals surface area contributed by atoms with Gasteiger partial charge in [0.1, 0.15) is 11.2 Å². The Kier molecular flexibility index (Phi) is 9.73. The van der Waals surface area contributed by atoms with Gasteiger partial charge in [-0.05, 0) is 99.0 Å². The van der Waals surface area contributed by atoms with E-state index in [2.05, 4.69) is 51.2 Å². The molecule has 1 unspecified atom stereocenters. The Labute approximate surface area is 358 Å². The number of aromatic amines is 1. The molecule has 2 saturated carbocycles. The molecule has 4 fully saturated rings. The zero-order valence-electron chi connectivity index (χ0n) is 36.6. The third kappa shape index (κ3) is 5.36. The summed E-state index contributed by atoms with van der Waals surface area (Å²) in [5, 5.41) is 14.5. The monoisotopic (exact) mass is 834 g/mol. The molecule has 10 rings (SSSR count). The van der Waals surface area contributed by atoms with Crippen LogP contribution in [0.25, 0.3) is 10.9 Å². The largest absolute Gasteiger partial charge is 0.496 e. The third-order valence-corrected chi connectivity index (χ3v) is 17.0. The molecular weight excluding hydrogens is 773 g/mol. The summed E-state index contributed by atoms with van der Waals surface area (Å²) in [7, 11) is 6.36. The lowest BCUT2D eigenvalue weighted by molar-refractivity contribution is -0.228. The van der Waals surface area contributed by atoms with Crippen LogP contribution in [-0.4, -0.2) is 123 Å². The molecule has 6 heterocycles. The van der Waals surface area contributed by atoms with E-state index in [0.29, 0.717) is 49.9 Å².